The van der Waals surface area contributed by atoms with Crippen LogP contribution in [0, 0.1) is 13.8 Å². The minimum absolute atomic E-state index is 0.253. The first-order valence-corrected chi connectivity index (χ1v) is 9.83. The molecule has 0 atom stereocenters. The fourth-order valence-corrected chi connectivity index (χ4v) is 3.92. The average molecular weight is 383 g/mol. The Hall–Kier alpha value is -3.06. The highest BCUT2D eigenvalue weighted by molar-refractivity contribution is 7.92. The summed E-state index contributed by atoms with van der Waals surface area (Å²) in [5.74, 6) is 0.998. The van der Waals surface area contributed by atoms with E-state index in [1.165, 1.54) is 0 Å². The summed E-state index contributed by atoms with van der Waals surface area (Å²) < 4.78 is 33.0. The van der Waals surface area contributed by atoms with Crippen LogP contribution in [0.5, 0.6) is 5.75 Å². The number of rotatable bonds is 6. The van der Waals surface area contributed by atoms with Crippen LogP contribution in [0.25, 0.3) is 0 Å². The van der Waals surface area contributed by atoms with E-state index >= 15 is 0 Å². The molecule has 1 heterocycles. The summed E-state index contributed by atoms with van der Waals surface area (Å²) in [6.07, 6.45) is 1.57. The summed E-state index contributed by atoms with van der Waals surface area (Å²) in [4.78, 5) is 4.45. The van der Waals surface area contributed by atoms with E-state index in [1.54, 1.807) is 44.5 Å². The number of ether oxygens (including phenoxy) is 1. The first-order valence-electron chi connectivity index (χ1n) is 8.34. The Kier molecular flexibility index (Phi) is 5.32. The molecule has 7 heteroatoms. The zero-order chi connectivity index (χ0) is 19.4. The number of nitrogens with zero attached hydrogens (tertiary/aromatic N) is 1. The lowest BCUT2D eigenvalue weighted by molar-refractivity contribution is 0.415. The third kappa shape index (κ3) is 4.57. The van der Waals surface area contributed by atoms with Gasteiger partial charge < -0.3 is 10.1 Å². The fourth-order valence-electron chi connectivity index (χ4n) is 2.59. The van der Waals surface area contributed by atoms with Crippen LogP contribution in [0.1, 0.15) is 11.1 Å². The second kappa shape index (κ2) is 7.67. The minimum Gasteiger partial charge on any atom is -0.497 e. The topological polar surface area (TPSA) is 80.3 Å². The van der Waals surface area contributed by atoms with Gasteiger partial charge in [-0.15, -0.1) is 0 Å². The van der Waals surface area contributed by atoms with Gasteiger partial charge in [-0.25, -0.2) is 13.4 Å². The Morgan fingerprint density at radius 1 is 0.963 bits per heavy atom. The van der Waals surface area contributed by atoms with Gasteiger partial charge in [0.05, 0.1) is 23.9 Å². The number of nitrogens with one attached hydrogen (secondary N) is 2. The van der Waals surface area contributed by atoms with Crippen LogP contribution in [0.3, 0.4) is 0 Å². The lowest BCUT2D eigenvalue weighted by Crippen LogP contribution is -2.15. The Balaban J connectivity index is 1.76. The number of hydrogen-bond acceptors (Lipinski definition) is 5. The molecule has 0 radical (unpaired) electrons. The van der Waals surface area contributed by atoms with Gasteiger partial charge in [0, 0.05) is 11.8 Å². The predicted octanol–water partition coefficient (Wildman–Crippen LogP) is 4.25. The zero-order valence-electron chi connectivity index (χ0n) is 15.4. The van der Waals surface area contributed by atoms with Crippen molar-refractivity contribution in [1.82, 2.24) is 4.98 Å². The molecule has 3 rings (SSSR count). The smallest absolute Gasteiger partial charge is 0.263 e. The summed E-state index contributed by atoms with van der Waals surface area (Å²) in [5, 5.41) is 3.20. The van der Waals surface area contributed by atoms with E-state index in [4.69, 9.17) is 4.74 Å². The molecule has 1 aromatic heterocycles. The first-order chi connectivity index (χ1) is 12.9. The van der Waals surface area contributed by atoms with Gasteiger partial charge >= 0.3 is 0 Å². The van der Waals surface area contributed by atoms with E-state index in [0.717, 1.165) is 22.7 Å². The van der Waals surface area contributed by atoms with Crippen LogP contribution in [0.4, 0.5) is 17.2 Å². The van der Waals surface area contributed by atoms with Gasteiger partial charge in [0.25, 0.3) is 10.0 Å². The Labute approximate surface area is 159 Å². The molecule has 0 fully saturated rings. The largest absolute Gasteiger partial charge is 0.497 e. The summed E-state index contributed by atoms with van der Waals surface area (Å²) in [7, 11) is -2.09. The van der Waals surface area contributed by atoms with Crippen molar-refractivity contribution in [1.29, 1.82) is 0 Å². The number of hydrogen-bond donors (Lipinski definition) is 2. The molecule has 27 heavy (non-hydrogen) atoms. The van der Waals surface area contributed by atoms with E-state index in [0.29, 0.717) is 5.56 Å². The van der Waals surface area contributed by atoms with Gasteiger partial charge in [-0.2, -0.15) is 0 Å². The van der Waals surface area contributed by atoms with Gasteiger partial charge in [0.2, 0.25) is 0 Å². The summed E-state index contributed by atoms with van der Waals surface area (Å²) in [6.45, 7) is 3.62. The Morgan fingerprint density at radius 2 is 1.78 bits per heavy atom. The van der Waals surface area contributed by atoms with Crippen LogP contribution >= 0.6 is 0 Å². The number of aryl methyl sites for hydroxylation is 2. The SMILES string of the molecule is COc1cccc(Nc2ccc(NS(=O)(=O)c3cc(C)ccc3C)nc2)c1. The average Bonchev–Trinajstić information content (AvgIpc) is 2.65. The molecule has 0 bridgehead atoms. The van der Waals surface area contributed by atoms with Crippen molar-refractivity contribution in [2.45, 2.75) is 18.7 Å². The molecule has 0 aliphatic carbocycles. The van der Waals surface area contributed by atoms with Crippen molar-refractivity contribution in [2.24, 2.45) is 0 Å². The minimum atomic E-state index is -3.70. The van der Waals surface area contributed by atoms with Crippen LogP contribution in [0.15, 0.2) is 65.7 Å². The van der Waals surface area contributed by atoms with Crippen molar-refractivity contribution in [3.05, 3.63) is 71.9 Å². The van der Waals surface area contributed by atoms with E-state index in [2.05, 4.69) is 15.0 Å². The Morgan fingerprint density at radius 3 is 2.48 bits per heavy atom. The maximum absolute atomic E-state index is 12.6. The van der Waals surface area contributed by atoms with E-state index in [1.807, 2.05) is 37.3 Å². The molecule has 0 aliphatic heterocycles. The van der Waals surface area contributed by atoms with E-state index in [-0.39, 0.29) is 10.7 Å². The highest BCUT2D eigenvalue weighted by atomic mass is 32.2. The van der Waals surface area contributed by atoms with Crippen molar-refractivity contribution in [3.63, 3.8) is 0 Å². The maximum Gasteiger partial charge on any atom is 0.263 e. The predicted molar refractivity (Wildman–Crippen MR) is 107 cm³/mol. The van der Waals surface area contributed by atoms with Gasteiger partial charge in [-0.05, 0) is 55.3 Å². The highest BCUT2D eigenvalue weighted by Gasteiger charge is 2.17. The second-order valence-corrected chi connectivity index (χ2v) is 7.81. The highest BCUT2D eigenvalue weighted by Crippen LogP contribution is 2.23. The third-order valence-electron chi connectivity index (χ3n) is 3.99. The molecule has 2 aromatic carbocycles. The lowest BCUT2D eigenvalue weighted by atomic mass is 10.2. The van der Waals surface area contributed by atoms with Crippen LogP contribution in [-0.2, 0) is 10.0 Å². The normalized spacial score (nSPS) is 11.1. The van der Waals surface area contributed by atoms with Crippen molar-refractivity contribution in [2.75, 3.05) is 17.1 Å². The second-order valence-electron chi connectivity index (χ2n) is 6.16. The molecule has 0 saturated heterocycles. The molecular formula is C20H21N3O3S. The molecule has 6 nitrogen and oxygen atoms in total. The lowest BCUT2D eigenvalue weighted by Gasteiger charge is -2.12. The number of methoxy groups -OCH3 is 1. The quantitative estimate of drug-likeness (QED) is 0.665. The van der Waals surface area contributed by atoms with Crippen LogP contribution in [-0.4, -0.2) is 20.5 Å². The molecule has 140 valence electrons. The number of benzene rings is 2. The monoisotopic (exact) mass is 383 g/mol. The zero-order valence-corrected chi connectivity index (χ0v) is 16.2. The molecular weight excluding hydrogens is 362 g/mol. The third-order valence-corrected chi connectivity index (χ3v) is 5.49. The van der Waals surface area contributed by atoms with E-state index in [9.17, 15) is 8.42 Å². The molecule has 2 N–H and O–H groups in total. The van der Waals surface area contributed by atoms with Gasteiger partial charge in [0.1, 0.15) is 11.6 Å². The first kappa shape index (κ1) is 18.7. The van der Waals surface area contributed by atoms with Crippen LogP contribution in [0.2, 0.25) is 0 Å². The van der Waals surface area contributed by atoms with Crippen molar-refractivity contribution >= 4 is 27.2 Å². The maximum atomic E-state index is 12.6. The number of sulfonamides is 1. The van der Waals surface area contributed by atoms with Crippen LogP contribution < -0.4 is 14.8 Å². The van der Waals surface area contributed by atoms with Gasteiger partial charge in [-0.1, -0.05) is 18.2 Å². The number of pyridine rings is 1. The summed E-state index contributed by atoms with van der Waals surface area (Å²) in [5.41, 5.74) is 3.15. The summed E-state index contributed by atoms with van der Waals surface area (Å²) in [6, 6.07) is 16.2. The van der Waals surface area contributed by atoms with E-state index < -0.39 is 10.0 Å². The fraction of sp³-hybridized carbons (Fsp3) is 0.150. The molecule has 0 spiro atoms. The Bertz CT molecular complexity index is 1050. The number of aromatic nitrogens is 1. The standard InChI is InChI=1S/C20H21N3O3S/c1-14-7-8-15(2)19(11-14)27(24,25)23-20-10-9-17(13-21-20)22-16-5-4-6-18(12-16)26-3/h4-13,22H,1-3H3,(H,21,23). The molecule has 0 aliphatic rings. The van der Waals surface area contributed by atoms with Gasteiger partial charge in [-0.3, -0.25) is 4.72 Å². The summed E-state index contributed by atoms with van der Waals surface area (Å²) >= 11 is 0. The molecule has 3 aromatic rings. The van der Waals surface area contributed by atoms with Gasteiger partial charge in [0.15, 0.2) is 0 Å². The number of anilines is 3. The molecule has 0 unspecified atom stereocenters. The van der Waals surface area contributed by atoms with Crippen molar-refractivity contribution in [3.8, 4) is 5.75 Å². The van der Waals surface area contributed by atoms with Crippen molar-refractivity contribution < 1.29 is 13.2 Å². The molecule has 0 amide bonds. The molecule has 0 saturated carbocycles.